The number of nitrogens with one attached hydrogen (secondary N) is 1. The van der Waals surface area contributed by atoms with Gasteiger partial charge in [0.2, 0.25) is 0 Å². The minimum Gasteiger partial charge on any atom is -0.493 e. The molecule has 0 fully saturated rings. The first-order valence-corrected chi connectivity index (χ1v) is 7.23. The van der Waals surface area contributed by atoms with Crippen LogP contribution in [0.2, 0.25) is 0 Å². The summed E-state index contributed by atoms with van der Waals surface area (Å²) >= 11 is 3.33. The van der Waals surface area contributed by atoms with Crippen LogP contribution in [0.1, 0.15) is 10.4 Å². The van der Waals surface area contributed by atoms with E-state index in [-0.39, 0.29) is 12.5 Å². The number of anilines is 1. The maximum atomic E-state index is 11.9. The molecule has 2 aromatic rings. The molecule has 6 heteroatoms. The third-order valence-corrected chi connectivity index (χ3v) is 3.28. The van der Waals surface area contributed by atoms with Gasteiger partial charge in [0, 0.05) is 15.7 Å². The SMILES string of the molecule is COc1ccc(C=O)cc1OCC(=O)Nc1cccc(Br)c1. The predicted octanol–water partition coefficient (Wildman–Crippen LogP) is 3.29. The van der Waals surface area contributed by atoms with Crippen LogP contribution in [0.3, 0.4) is 0 Å². The highest BCUT2D eigenvalue weighted by atomic mass is 79.9. The molecule has 0 radical (unpaired) electrons. The van der Waals surface area contributed by atoms with E-state index in [1.807, 2.05) is 12.1 Å². The Labute approximate surface area is 136 Å². The maximum Gasteiger partial charge on any atom is 0.262 e. The van der Waals surface area contributed by atoms with E-state index < -0.39 is 0 Å². The van der Waals surface area contributed by atoms with Gasteiger partial charge in [0.15, 0.2) is 18.1 Å². The highest BCUT2D eigenvalue weighted by Crippen LogP contribution is 2.27. The van der Waals surface area contributed by atoms with Crippen molar-refractivity contribution in [3.63, 3.8) is 0 Å². The van der Waals surface area contributed by atoms with Crippen LogP contribution in [0.4, 0.5) is 5.69 Å². The van der Waals surface area contributed by atoms with Crippen molar-refractivity contribution in [1.29, 1.82) is 0 Å². The number of halogens is 1. The van der Waals surface area contributed by atoms with Crippen LogP contribution in [-0.2, 0) is 4.79 Å². The van der Waals surface area contributed by atoms with Gasteiger partial charge in [-0.05, 0) is 36.4 Å². The van der Waals surface area contributed by atoms with E-state index in [4.69, 9.17) is 9.47 Å². The summed E-state index contributed by atoms with van der Waals surface area (Å²) in [6.07, 6.45) is 0.702. The zero-order chi connectivity index (χ0) is 15.9. The molecule has 1 N–H and O–H groups in total. The molecule has 0 aliphatic rings. The minimum atomic E-state index is -0.309. The number of carbonyl (C=O) groups is 2. The average Bonchev–Trinajstić information content (AvgIpc) is 2.52. The molecule has 5 nitrogen and oxygen atoms in total. The highest BCUT2D eigenvalue weighted by Gasteiger charge is 2.09. The third kappa shape index (κ3) is 4.33. The number of benzene rings is 2. The van der Waals surface area contributed by atoms with E-state index in [2.05, 4.69) is 21.2 Å². The highest BCUT2D eigenvalue weighted by molar-refractivity contribution is 9.10. The molecule has 22 heavy (non-hydrogen) atoms. The summed E-state index contributed by atoms with van der Waals surface area (Å²) in [5.41, 5.74) is 1.11. The van der Waals surface area contributed by atoms with Gasteiger partial charge >= 0.3 is 0 Å². The fraction of sp³-hybridized carbons (Fsp3) is 0.125. The molecule has 0 saturated heterocycles. The van der Waals surface area contributed by atoms with E-state index in [9.17, 15) is 9.59 Å². The summed E-state index contributed by atoms with van der Waals surface area (Å²) in [6, 6.07) is 12.0. The van der Waals surface area contributed by atoms with Crippen molar-refractivity contribution in [1.82, 2.24) is 0 Å². The number of hydrogen-bond acceptors (Lipinski definition) is 4. The first-order chi connectivity index (χ1) is 10.6. The minimum absolute atomic E-state index is 0.189. The van der Waals surface area contributed by atoms with E-state index in [0.717, 1.165) is 4.47 Å². The summed E-state index contributed by atoms with van der Waals surface area (Å²) in [5.74, 6) is 0.494. The fourth-order valence-corrected chi connectivity index (χ4v) is 2.19. The van der Waals surface area contributed by atoms with Crippen molar-refractivity contribution in [2.45, 2.75) is 0 Å². The number of methoxy groups -OCH3 is 1. The molecule has 0 heterocycles. The lowest BCUT2D eigenvalue weighted by Gasteiger charge is -2.11. The second-order valence-corrected chi connectivity index (χ2v) is 5.29. The Kier molecular flexibility index (Phi) is 5.55. The van der Waals surface area contributed by atoms with Crippen molar-refractivity contribution in [3.05, 3.63) is 52.5 Å². The number of aldehydes is 1. The molecule has 0 aliphatic carbocycles. The van der Waals surface area contributed by atoms with E-state index in [1.165, 1.54) is 13.2 Å². The van der Waals surface area contributed by atoms with Gasteiger partial charge in [-0.1, -0.05) is 22.0 Å². The van der Waals surface area contributed by atoms with Crippen molar-refractivity contribution in [3.8, 4) is 11.5 Å². The van der Waals surface area contributed by atoms with E-state index in [1.54, 1.807) is 24.3 Å². The largest absolute Gasteiger partial charge is 0.493 e. The van der Waals surface area contributed by atoms with Gasteiger partial charge in [-0.25, -0.2) is 0 Å². The zero-order valence-corrected chi connectivity index (χ0v) is 13.4. The zero-order valence-electron chi connectivity index (χ0n) is 11.8. The number of ether oxygens (including phenoxy) is 2. The smallest absolute Gasteiger partial charge is 0.262 e. The first kappa shape index (κ1) is 16.0. The normalized spacial score (nSPS) is 9.91. The summed E-state index contributed by atoms with van der Waals surface area (Å²) in [4.78, 5) is 22.7. The van der Waals surface area contributed by atoms with Gasteiger partial charge in [0.25, 0.3) is 5.91 Å². The summed E-state index contributed by atoms with van der Waals surface area (Å²) in [6.45, 7) is -0.189. The van der Waals surface area contributed by atoms with Crippen LogP contribution in [-0.4, -0.2) is 25.9 Å². The number of rotatable bonds is 6. The lowest BCUT2D eigenvalue weighted by atomic mass is 10.2. The number of amides is 1. The van der Waals surface area contributed by atoms with Gasteiger partial charge in [-0.3, -0.25) is 9.59 Å². The van der Waals surface area contributed by atoms with Gasteiger partial charge in [-0.2, -0.15) is 0 Å². The van der Waals surface area contributed by atoms with Gasteiger partial charge in [-0.15, -0.1) is 0 Å². The van der Waals surface area contributed by atoms with Crippen molar-refractivity contribution in [2.75, 3.05) is 19.0 Å². The maximum absolute atomic E-state index is 11.9. The molecule has 1 amide bonds. The topological polar surface area (TPSA) is 64.6 Å². The van der Waals surface area contributed by atoms with Crippen molar-refractivity contribution >= 4 is 33.8 Å². The molecule has 0 atom stereocenters. The van der Waals surface area contributed by atoms with Gasteiger partial charge in [0.1, 0.15) is 6.29 Å². The fourth-order valence-electron chi connectivity index (χ4n) is 1.79. The standard InChI is InChI=1S/C16H14BrNO4/c1-21-14-6-5-11(9-19)7-15(14)22-10-16(20)18-13-4-2-3-12(17)8-13/h2-9H,10H2,1H3,(H,18,20). The van der Waals surface area contributed by atoms with Gasteiger partial charge in [0.05, 0.1) is 7.11 Å². The molecule has 114 valence electrons. The molecule has 0 aromatic heterocycles. The second-order valence-electron chi connectivity index (χ2n) is 4.38. The second kappa shape index (κ2) is 7.61. The van der Waals surface area contributed by atoms with E-state index in [0.29, 0.717) is 29.0 Å². The van der Waals surface area contributed by atoms with Crippen LogP contribution in [0.25, 0.3) is 0 Å². The molecule has 2 aromatic carbocycles. The molecule has 0 spiro atoms. The Bertz CT molecular complexity index is 688. The number of carbonyl (C=O) groups excluding carboxylic acids is 2. The molecule has 0 bridgehead atoms. The third-order valence-electron chi connectivity index (χ3n) is 2.79. The quantitative estimate of drug-likeness (QED) is 0.799. The van der Waals surface area contributed by atoms with Gasteiger partial charge < -0.3 is 14.8 Å². The Morgan fingerprint density at radius 1 is 1.23 bits per heavy atom. The molecular formula is C16H14BrNO4. The Balaban J connectivity index is 2.00. The van der Waals surface area contributed by atoms with E-state index >= 15 is 0 Å². The summed E-state index contributed by atoms with van der Waals surface area (Å²) in [5, 5.41) is 2.71. The Morgan fingerprint density at radius 3 is 2.73 bits per heavy atom. The monoisotopic (exact) mass is 363 g/mol. The first-order valence-electron chi connectivity index (χ1n) is 6.44. The van der Waals surface area contributed by atoms with Crippen LogP contribution in [0.5, 0.6) is 11.5 Å². The van der Waals surface area contributed by atoms with Crippen molar-refractivity contribution < 1.29 is 19.1 Å². The lowest BCUT2D eigenvalue weighted by molar-refractivity contribution is -0.118. The molecule has 0 unspecified atom stereocenters. The Hall–Kier alpha value is -2.34. The van der Waals surface area contributed by atoms with Crippen LogP contribution >= 0.6 is 15.9 Å². The van der Waals surface area contributed by atoms with Crippen LogP contribution in [0.15, 0.2) is 46.9 Å². The average molecular weight is 364 g/mol. The lowest BCUT2D eigenvalue weighted by Crippen LogP contribution is -2.20. The number of hydrogen-bond donors (Lipinski definition) is 1. The predicted molar refractivity (Wildman–Crippen MR) is 86.6 cm³/mol. The molecule has 0 saturated carbocycles. The summed E-state index contributed by atoms with van der Waals surface area (Å²) < 4.78 is 11.4. The molecule has 0 aliphatic heterocycles. The van der Waals surface area contributed by atoms with Crippen LogP contribution in [0, 0.1) is 0 Å². The molecule has 2 rings (SSSR count). The summed E-state index contributed by atoms with van der Waals surface area (Å²) in [7, 11) is 1.49. The van der Waals surface area contributed by atoms with Crippen molar-refractivity contribution in [2.24, 2.45) is 0 Å². The Morgan fingerprint density at radius 2 is 2.05 bits per heavy atom. The molecular weight excluding hydrogens is 350 g/mol. The van der Waals surface area contributed by atoms with Crippen LogP contribution < -0.4 is 14.8 Å².